The SMILES string of the molecule is CC(CC(=O)N1CCCC(CNC(=O)C2CCCN2)C1)Cc1cccc(F)c1. The van der Waals surface area contributed by atoms with Gasteiger partial charge in [-0.3, -0.25) is 9.59 Å². The number of hydrogen-bond acceptors (Lipinski definition) is 3. The summed E-state index contributed by atoms with van der Waals surface area (Å²) in [5, 5.41) is 6.27. The largest absolute Gasteiger partial charge is 0.354 e. The number of halogens is 1. The maximum atomic E-state index is 13.3. The van der Waals surface area contributed by atoms with E-state index in [0.29, 0.717) is 31.8 Å². The summed E-state index contributed by atoms with van der Waals surface area (Å²) in [6.45, 7) is 5.10. The lowest BCUT2D eigenvalue weighted by Crippen LogP contribution is -2.47. The molecule has 0 bridgehead atoms. The number of likely N-dealkylation sites (tertiary alicyclic amines) is 1. The molecule has 2 aliphatic rings. The van der Waals surface area contributed by atoms with Gasteiger partial charge in [0.2, 0.25) is 11.8 Å². The van der Waals surface area contributed by atoms with E-state index in [2.05, 4.69) is 10.6 Å². The van der Waals surface area contributed by atoms with Gasteiger partial charge in [-0.15, -0.1) is 0 Å². The predicted molar refractivity (Wildman–Crippen MR) is 107 cm³/mol. The van der Waals surface area contributed by atoms with Gasteiger partial charge in [-0.1, -0.05) is 19.1 Å². The maximum Gasteiger partial charge on any atom is 0.237 e. The first kappa shape index (κ1) is 20.8. The Kier molecular flexibility index (Phi) is 7.43. The predicted octanol–water partition coefficient (Wildman–Crippen LogP) is 2.50. The van der Waals surface area contributed by atoms with Crippen molar-refractivity contribution in [2.45, 2.75) is 51.5 Å². The van der Waals surface area contributed by atoms with E-state index >= 15 is 0 Å². The number of nitrogens with one attached hydrogen (secondary N) is 2. The van der Waals surface area contributed by atoms with Crippen LogP contribution in [0.1, 0.15) is 44.6 Å². The van der Waals surface area contributed by atoms with Gasteiger partial charge in [0.15, 0.2) is 0 Å². The molecular formula is C22H32FN3O2. The fraction of sp³-hybridized carbons (Fsp3) is 0.636. The van der Waals surface area contributed by atoms with Crippen molar-refractivity contribution < 1.29 is 14.0 Å². The lowest BCUT2D eigenvalue weighted by molar-refractivity contribution is -0.133. The average molecular weight is 390 g/mol. The second-order valence-electron chi connectivity index (χ2n) is 8.39. The smallest absolute Gasteiger partial charge is 0.237 e. The van der Waals surface area contributed by atoms with E-state index in [-0.39, 0.29) is 29.6 Å². The van der Waals surface area contributed by atoms with Crippen LogP contribution in [-0.4, -0.2) is 48.9 Å². The van der Waals surface area contributed by atoms with Crippen molar-refractivity contribution >= 4 is 11.8 Å². The molecule has 2 heterocycles. The second-order valence-corrected chi connectivity index (χ2v) is 8.39. The molecule has 0 aliphatic carbocycles. The Hall–Kier alpha value is -1.95. The van der Waals surface area contributed by atoms with Gasteiger partial charge in [0, 0.05) is 26.1 Å². The summed E-state index contributed by atoms with van der Waals surface area (Å²) in [5.74, 6) is 0.510. The molecule has 2 fully saturated rings. The van der Waals surface area contributed by atoms with Crippen LogP contribution in [0.4, 0.5) is 4.39 Å². The lowest BCUT2D eigenvalue weighted by Gasteiger charge is -2.33. The van der Waals surface area contributed by atoms with Crippen LogP contribution in [0.15, 0.2) is 24.3 Å². The van der Waals surface area contributed by atoms with Crippen LogP contribution < -0.4 is 10.6 Å². The molecule has 0 radical (unpaired) electrons. The molecule has 0 spiro atoms. The molecule has 2 saturated heterocycles. The number of rotatable bonds is 7. The summed E-state index contributed by atoms with van der Waals surface area (Å²) in [6, 6.07) is 6.55. The first-order chi connectivity index (χ1) is 13.5. The van der Waals surface area contributed by atoms with Crippen molar-refractivity contribution in [2.24, 2.45) is 11.8 Å². The quantitative estimate of drug-likeness (QED) is 0.753. The third kappa shape index (κ3) is 6.03. The average Bonchev–Trinajstić information content (AvgIpc) is 3.21. The Labute approximate surface area is 167 Å². The number of hydrogen-bond donors (Lipinski definition) is 2. The van der Waals surface area contributed by atoms with Crippen molar-refractivity contribution in [1.29, 1.82) is 0 Å². The molecule has 0 aromatic heterocycles. The highest BCUT2D eigenvalue weighted by molar-refractivity contribution is 5.82. The number of piperidine rings is 1. The number of benzene rings is 1. The molecule has 2 aliphatic heterocycles. The van der Waals surface area contributed by atoms with Crippen molar-refractivity contribution in [3.63, 3.8) is 0 Å². The van der Waals surface area contributed by atoms with E-state index < -0.39 is 0 Å². The minimum absolute atomic E-state index is 0.0509. The molecule has 3 rings (SSSR count). The summed E-state index contributed by atoms with van der Waals surface area (Å²) < 4.78 is 13.3. The zero-order valence-corrected chi connectivity index (χ0v) is 16.8. The fourth-order valence-corrected chi connectivity index (χ4v) is 4.30. The Morgan fingerprint density at radius 2 is 2.18 bits per heavy atom. The highest BCUT2D eigenvalue weighted by Crippen LogP contribution is 2.20. The van der Waals surface area contributed by atoms with Gasteiger partial charge in [-0.2, -0.15) is 0 Å². The molecule has 1 aromatic carbocycles. The summed E-state index contributed by atoms with van der Waals surface area (Å²) >= 11 is 0. The van der Waals surface area contributed by atoms with Crippen LogP contribution >= 0.6 is 0 Å². The second kappa shape index (κ2) is 10.0. The van der Waals surface area contributed by atoms with Crippen LogP contribution in [0.3, 0.4) is 0 Å². The molecule has 2 N–H and O–H groups in total. The Morgan fingerprint density at radius 1 is 1.32 bits per heavy atom. The van der Waals surface area contributed by atoms with Gasteiger partial charge in [0.1, 0.15) is 5.82 Å². The third-order valence-corrected chi connectivity index (χ3v) is 5.81. The fourth-order valence-electron chi connectivity index (χ4n) is 4.30. The van der Waals surface area contributed by atoms with E-state index in [4.69, 9.17) is 0 Å². The highest BCUT2D eigenvalue weighted by atomic mass is 19.1. The Balaban J connectivity index is 1.42. The first-order valence-electron chi connectivity index (χ1n) is 10.5. The summed E-state index contributed by atoms with van der Waals surface area (Å²) in [5.41, 5.74) is 0.931. The molecule has 3 atom stereocenters. The summed E-state index contributed by atoms with van der Waals surface area (Å²) in [7, 11) is 0. The standard InChI is InChI=1S/C22H32FN3O2/c1-16(11-17-5-2-7-19(23)13-17)12-21(27)26-10-4-6-18(15-26)14-25-22(28)20-8-3-9-24-20/h2,5,7,13,16,18,20,24H,3-4,6,8-12,14-15H2,1H3,(H,25,28). The molecule has 28 heavy (non-hydrogen) atoms. The van der Waals surface area contributed by atoms with E-state index in [1.165, 1.54) is 6.07 Å². The molecule has 3 unspecified atom stereocenters. The van der Waals surface area contributed by atoms with Crippen molar-refractivity contribution in [3.05, 3.63) is 35.6 Å². The summed E-state index contributed by atoms with van der Waals surface area (Å²) in [6.07, 6.45) is 5.15. The molecule has 154 valence electrons. The lowest BCUT2D eigenvalue weighted by atomic mass is 9.94. The molecule has 6 heteroatoms. The van der Waals surface area contributed by atoms with Crippen LogP contribution in [0.5, 0.6) is 0 Å². The van der Waals surface area contributed by atoms with Gasteiger partial charge in [0.25, 0.3) is 0 Å². The van der Waals surface area contributed by atoms with Gasteiger partial charge in [0.05, 0.1) is 6.04 Å². The third-order valence-electron chi connectivity index (χ3n) is 5.81. The minimum atomic E-state index is -0.232. The van der Waals surface area contributed by atoms with Crippen LogP contribution in [0.2, 0.25) is 0 Å². The van der Waals surface area contributed by atoms with Crippen molar-refractivity contribution in [1.82, 2.24) is 15.5 Å². The monoisotopic (exact) mass is 389 g/mol. The molecule has 1 aromatic rings. The van der Waals surface area contributed by atoms with E-state index in [0.717, 1.165) is 44.3 Å². The maximum absolute atomic E-state index is 13.3. The van der Waals surface area contributed by atoms with Gasteiger partial charge in [-0.25, -0.2) is 4.39 Å². The molecule has 2 amide bonds. The van der Waals surface area contributed by atoms with Crippen molar-refractivity contribution in [2.75, 3.05) is 26.2 Å². The molecule has 5 nitrogen and oxygen atoms in total. The van der Waals surface area contributed by atoms with Crippen molar-refractivity contribution in [3.8, 4) is 0 Å². The normalized spacial score (nSPS) is 23.4. The zero-order chi connectivity index (χ0) is 19.9. The molecular weight excluding hydrogens is 357 g/mol. The van der Waals surface area contributed by atoms with Crippen LogP contribution in [0.25, 0.3) is 0 Å². The Morgan fingerprint density at radius 3 is 2.93 bits per heavy atom. The number of carbonyl (C=O) groups excluding carboxylic acids is 2. The van der Waals surface area contributed by atoms with E-state index in [9.17, 15) is 14.0 Å². The molecule has 0 saturated carbocycles. The van der Waals surface area contributed by atoms with E-state index in [1.807, 2.05) is 17.9 Å². The van der Waals surface area contributed by atoms with E-state index in [1.54, 1.807) is 12.1 Å². The van der Waals surface area contributed by atoms with Crippen LogP contribution in [-0.2, 0) is 16.0 Å². The van der Waals surface area contributed by atoms with Gasteiger partial charge >= 0.3 is 0 Å². The highest BCUT2D eigenvalue weighted by Gasteiger charge is 2.27. The van der Waals surface area contributed by atoms with Crippen LogP contribution in [0, 0.1) is 17.7 Å². The number of nitrogens with zero attached hydrogens (tertiary/aromatic N) is 1. The van der Waals surface area contributed by atoms with Gasteiger partial charge < -0.3 is 15.5 Å². The minimum Gasteiger partial charge on any atom is -0.354 e. The number of amides is 2. The number of carbonyl (C=O) groups is 2. The topological polar surface area (TPSA) is 61.4 Å². The first-order valence-corrected chi connectivity index (χ1v) is 10.5. The zero-order valence-electron chi connectivity index (χ0n) is 16.8. The Bertz CT molecular complexity index is 676. The summed E-state index contributed by atoms with van der Waals surface area (Å²) in [4.78, 5) is 26.8. The van der Waals surface area contributed by atoms with Gasteiger partial charge in [-0.05, 0) is 68.2 Å².